The van der Waals surface area contributed by atoms with Crippen LogP contribution in [0.3, 0.4) is 0 Å². The van der Waals surface area contributed by atoms with Gasteiger partial charge in [0.05, 0.1) is 51.7 Å². The highest BCUT2D eigenvalue weighted by Gasteiger charge is 2.26. The van der Waals surface area contributed by atoms with E-state index in [9.17, 15) is 0 Å². The summed E-state index contributed by atoms with van der Waals surface area (Å²) in [4.78, 5) is 0. The Labute approximate surface area is 406 Å². The summed E-state index contributed by atoms with van der Waals surface area (Å²) in [6.07, 6.45) is 19.1. The normalized spacial score (nSPS) is 12.5. The van der Waals surface area contributed by atoms with Gasteiger partial charge in [0.25, 0.3) is 0 Å². The molecule has 10 nitrogen and oxygen atoms in total. The quantitative estimate of drug-likeness (QED) is 0.0631. The van der Waals surface area contributed by atoms with E-state index in [-0.39, 0.29) is 0 Å². The van der Waals surface area contributed by atoms with Gasteiger partial charge in [-0.2, -0.15) is 0 Å². The Kier molecular flexibility index (Phi) is 17.8. The average molecular weight is 927 g/mol. The maximum absolute atomic E-state index is 6.95. The second kappa shape index (κ2) is 24.1. The number of fused-ring (bicyclic) bond motifs is 8. The first kappa shape index (κ1) is 50.3. The third-order valence-electron chi connectivity index (χ3n) is 12.5. The highest BCUT2D eigenvalue weighted by Crippen LogP contribution is 2.41. The highest BCUT2D eigenvalue weighted by molar-refractivity contribution is 5.58. The summed E-state index contributed by atoms with van der Waals surface area (Å²) in [5, 5.41) is 0. The molecule has 0 spiro atoms. The molecule has 364 valence electrons. The van der Waals surface area contributed by atoms with E-state index in [2.05, 4.69) is 160 Å². The van der Waals surface area contributed by atoms with Gasteiger partial charge in [0.2, 0.25) is 12.7 Å². The zero-order valence-corrected chi connectivity index (χ0v) is 42.8. The standard InChI is InChI=1S/C58H78N4O6/c1-11-19-65-55-47-23-43(35-59-15-17-61(39-59)41(5)6)24-48(55)32-52-28-46(38-64-10)30-54(58(52)68-22-14-4)34-50-26-44(36-60-16-18-62(40-60)42(7)8)25-49(56(50)66-20-12-2)33-53-29-45(37-63-9)27-51(31-47)57(53)67-21-13-3/h15-18,23-30,39-42H,11-14,19-22,31-38H2,1-10H3/q+2. The van der Waals surface area contributed by atoms with E-state index in [4.69, 9.17) is 28.4 Å². The van der Waals surface area contributed by atoms with Crippen LogP contribution in [0.15, 0.2) is 86.0 Å². The molecule has 1 aliphatic carbocycles. The Balaban J connectivity index is 1.54. The Bertz CT molecular complexity index is 2310. The van der Waals surface area contributed by atoms with Crippen molar-refractivity contribution in [3.05, 3.63) is 153 Å². The van der Waals surface area contributed by atoms with Crippen molar-refractivity contribution in [1.29, 1.82) is 0 Å². The van der Waals surface area contributed by atoms with Gasteiger partial charge in [0, 0.05) is 39.9 Å². The van der Waals surface area contributed by atoms with Gasteiger partial charge < -0.3 is 28.4 Å². The Morgan fingerprint density at radius 2 is 0.691 bits per heavy atom. The summed E-state index contributed by atoms with van der Waals surface area (Å²) in [6, 6.07) is 19.3. The molecule has 0 unspecified atom stereocenters. The molecule has 6 aromatic rings. The summed E-state index contributed by atoms with van der Waals surface area (Å²) < 4.78 is 48.6. The summed E-state index contributed by atoms with van der Waals surface area (Å²) in [6.45, 7) is 22.4. The fourth-order valence-electron chi connectivity index (χ4n) is 9.46. The number of rotatable bonds is 22. The van der Waals surface area contributed by atoms with Crippen LogP contribution in [0.5, 0.6) is 23.0 Å². The molecule has 10 heteroatoms. The molecule has 2 aromatic heterocycles. The molecule has 0 saturated heterocycles. The number of nitrogens with zero attached hydrogens (tertiary/aromatic N) is 4. The van der Waals surface area contributed by atoms with Crippen molar-refractivity contribution in [2.45, 2.75) is 145 Å². The minimum absolute atomic E-state index is 0.364. The fraction of sp³-hybridized carbons (Fsp3) is 0.483. The third-order valence-corrected chi connectivity index (χ3v) is 12.5. The van der Waals surface area contributed by atoms with Gasteiger partial charge in [0.1, 0.15) is 60.9 Å². The van der Waals surface area contributed by atoms with Crippen LogP contribution in [0.2, 0.25) is 0 Å². The van der Waals surface area contributed by atoms with Crippen LogP contribution >= 0.6 is 0 Å². The van der Waals surface area contributed by atoms with Crippen LogP contribution in [0.1, 0.15) is 160 Å². The first-order valence-electron chi connectivity index (χ1n) is 25.2. The number of aromatic nitrogens is 4. The maximum atomic E-state index is 6.95. The largest absolute Gasteiger partial charge is 0.493 e. The zero-order chi connectivity index (χ0) is 48.2. The third kappa shape index (κ3) is 12.5. The van der Waals surface area contributed by atoms with E-state index in [0.29, 0.717) is 90.5 Å². The van der Waals surface area contributed by atoms with Gasteiger partial charge in [-0.3, -0.25) is 0 Å². The molecule has 4 aromatic carbocycles. The molecule has 0 N–H and O–H groups in total. The van der Waals surface area contributed by atoms with Gasteiger partial charge in [-0.25, -0.2) is 18.3 Å². The van der Waals surface area contributed by atoms with Crippen molar-refractivity contribution in [1.82, 2.24) is 9.13 Å². The number of methoxy groups -OCH3 is 2. The molecule has 0 aliphatic heterocycles. The summed E-state index contributed by atoms with van der Waals surface area (Å²) in [5.41, 5.74) is 13.6. The first-order chi connectivity index (χ1) is 33.0. The van der Waals surface area contributed by atoms with Gasteiger partial charge in [0.15, 0.2) is 0 Å². The predicted molar refractivity (Wildman–Crippen MR) is 270 cm³/mol. The monoisotopic (exact) mass is 927 g/mol. The molecular formula is C58H78N4O6+2. The number of hydrogen-bond acceptors (Lipinski definition) is 6. The smallest absolute Gasteiger partial charge is 0.244 e. The van der Waals surface area contributed by atoms with Gasteiger partial charge >= 0.3 is 0 Å². The molecular weight excluding hydrogens is 849 g/mol. The lowest BCUT2D eigenvalue weighted by molar-refractivity contribution is -0.688. The number of benzene rings is 4. The molecule has 0 amide bonds. The molecule has 0 atom stereocenters. The number of imidazole rings is 2. The van der Waals surface area contributed by atoms with Crippen molar-refractivity contribution in [3.63, 3.8) is 0 Å². The van der Waals surface area contributed by atoms with Crippen molar-refractivity contribution in [2.75, 3.05) is 40.6 Å². The summed E-state index contributed by atoms with van der Waals surface area (Å²) in [5.74, 6) is 3.72. The number of hydrogen-bond donors (Lipinski definition) is 0. The average Bonchev–Trinajstić information content (AvgIpc) is 3.99. The first-order valence-corrected chi connectivity index (χ1v) is 25.2. The lowest BCUT2D eigenvalue weighted by atomic mass is 9.88. The zero-order valence-electron chi connectivity index (χ0n) is 42.8. The lowest BCUT2D eigenvalue weighted by Crippen LogP contribution is -2.32. The van der Waals surface area contributed by atoms with Crippen LogP contribution in [-0.4, -0.2) is 49.8 Å². The second-order valence-corrected chi connectivity index (χ2v) is 19.2. The van der Waals surface area contributed by atoms with Gasteiger partial charge in [-0.05, 0) is 169 Å². The lowest BCUT2D eigenvalue weighted by Gasteiger charge is -2.24. The van der Waals surface area contributed by atoms with E-state index < -0.39 is 0 Å². The molecule has 0 saturated carbocycles. The molecule has 0 fully saturated rings. The van der Waals surface area contributed by atoms with Gasteiger partial charge in [-0.1, -0.05) is 27.7 Å². The van der Waals surface area contributed by atoms with Crippen LogP contribution < -0.4 is 28.1 Å². The predicted octanol–water partition coefficient (Wildman–Crippen LogP) is 11.2. The highest BCUT2D eigenvalue weighted by atomic mass is 16.5. The minimum atomic E-state index is 0.364. The molecule has 7 rings (SSSR count). The van der Waals surface area contributed by atoms with Crippen molar-refractivity contribution >= 4 is 0 Å². The molecule has 68 heavy (non-hydrogen) atoms. The van der Waals surface area contributed by atoms with Crippen LogP contribution in [-0.2, 0) is 61.5 Å². The molecule has 0 radical (unpaired) electrons. The van der Waals surface area contributed by atoms with Crippen LogP contribution in [0, 0.1) is 0 Å². The Hall–Kier alpha value is -5.58. The topological polar surface area (TPSA) is 73.0 Å². The summed E-state index contributed by atoms with van der Waals surface area (Å²) >= 11 is 0. The Morgan fingerprint density at radius 1 is 0.426 bits per heavy atom. The van der Waals surface area contributed by atoms with E-state index in [0.717, 1.165) is 104 Å². The molecule has 1 aliphatic rings. The van der Waals surface area contributed by atoms with Crippen LogP contribution in [0.4, 0.5) is 0 Å². The van der Waals surface area contributed by atoms with Crippen molar-refractivity contribution in [2.24, 2.45) is 0 Å². The molecule has 2 heterocycles. The van der Waals surface area contributed by atoms with E-state index >= 15 is 0 Å². The number of ether oxygens (including phenoxy) is 6. The van der Waals surface area contributed by atoms with Crippen LogP contribution in [0.25, 0.3) is 0 Å². The minimum Gasteiger partial charge on any atom is -0.493 e. The van der Waals surface area contributed by atoms with E-state index in [1.54, 1.807) is 14.2 Å². The van der Waals surface area contributed by atoms with Crippen molar-refractivity contribution in [3.8, 4) is 23.0 Å². The SMILES string of the molecule is CCCOc1c2cc(COC)cc1Cc1cc(C[n+]3ccn(C(C)C)c3)cc(c1OCCC)Cc1cc(COC)cc(c1OCCC)Cc1cc(C[n+]3ccn(C(C)C)c3)cc(c1OCCC)C2. The van der Waals surface area contributed by atoms with Crippen molar-refractivity contribution < 1.29 is 37.6 Å². The molecule has 8 bridgehead atoms. The fourth-order valence-corrected chi connectivity index (χ4v) is 9.46. The summed E-state index contributed by atoms with van der Waals surface area (Å²) in [7, 11) is 3.55. The second-order valence-electron chi connectivity index (χ2n) is 19.2. The van der Waals surface area contributed by atoms with E-state index in [1.165, 1.54) is 11.1 Å². The maximum Gasteiger partial charge on any atom is 0.244 e. The van der Waals surface area contributed by atoms with E-state index in [1.807, 2.05) is 0 Å². The van der Waals surface area contributed by atoms with Gasteiger partial charge in [-0.15, -0.1) is 0 Å². The Morgan fingerprint density at radius 3 is 0.912 bits per heavy atom.